The molecule has 3 amide bonds. The average molecular weight is 382 g/mol. The molecule has 1 aromatic carbocycles. The number of hydrogen-bond donors (Lipinski definition) is 1. The van der Waals surface area contributed by atoms with Crippen LogP contribution in [-0.4, -0.2) is 27.9 Å². The van der Waals surface area contributed by atoms with E-state index in [2.05, 4.69) is 36.1 Å². The van der Waals surface area contributed by atoms with Gasteiger partial charge in [-0.3, -0.25) is 4.79 Å². The van der Waals surface area contributed by atoms with E-state index in [1.165, 1.54) is 12.4 Å². The summed E-state index contributed by atoms with van der Waals surface area (Å²) in [6, 6.07) is 4.88. The first-order valence-corrected chi connectivity index (χ1v) is 9.13. The molecule has 0 radical (unpaired) electrons. The summed E-state index contributed by atoms with van der Waals surface area (Å²) in [6.45, 7) is 8.63. The van der Waals surface area contributed by atoms with Crippen molar-refractivity contribution in [3.63, 3.8) is 0 Å². The van der Waals surface area contributed by atoms with Crippen LogP contribution in [0.5, 0.6) is 11.8 Å². The van der Waals surface area contributed by atoms with Gasteiger partial charge in [-0.1, -0.05) is 26.8 Å². The molecule has 1 aromatic heterocycles. The topological polar surface area (TPSA) is 93.7 Å². The summed E-state index contributed by atoms with van der Waals surface area (Å²) in [7, 11) is 0. The number of rotatable bonds is 3. The Balaban J connectivity index is 1.53. The maximum Gasteiger partial charge on any atom is 0.329 e. The lowest BCUT2D eigenvalue weighted by atomic mass is 9.84. The number of carbonyl (C=O) groups is 2. The maximum absolute atomic E-state index is 12.1. The Morgan fingerprint density at radius 3 is 2.54 bits per heavy atom. The lowest BCUT2D eigenvalue weighted by molar-refractivity contribution is -0.117. The lowest BCUT2D eigenvalue weighted by Crippen LogP contribution is -2.31. The molecular formula is C20H22N4O4. The Hall–Kier alpha value is -3.00. The van der Waals surface area contributed by atoms with Crippen molar-refractivity contribution >= 4 is 17.6 Å². The molecule has 4 rings (SSSR count). The van der Waals surface area contributed by atoms with E-state index in [9.17, 15) is 9.59 Å². The lowest BCUT2D eigenvalue weighted by Gasteiger charge is -2.26. The van der Waals surface area contributed by atoms with Crippen molar-refractivity contribution in [3.8, 4) is 11.8 Å². The molecule has 146 valence electrons. The van der Waals surface area contributed by atoms with Crippen molar-refractivity contribution in [1.82, 2.24) is 15.3 Å². The molecule has 2 aromatic rings. The van der Waals surface area contributed by atoms with Gasteiger partial charge in [0, 0.05) is 0 Å². The number of amides is 3. The molecule has 0 spiro atoms. The number of carbonyl (C=O) groups excluding carboxylic acids is 2. The molecule has 2 aliphatic heterocycles. The standard InChI is InChI=1S/C20H22N4O4/c1-11-17(25)24(19(26)23-11)13-8-21-18(22-9-13)28-14-6-5-12-10-27-16(15(12)7-14)20(2,3)4/h5-9,11,16H,10H2,1-4H3,(H,23,26)/t11-,16?/m0/s1. The van der Waals surface area contributed by atoms with Gasteiger partial charge in [-0.25, -0.2) is 19.7 Å². The number of fused-ring (bicyclic) bond motifs is 1. The highest BCUT2D eigenvalue weighted by atomic mass is 16.5. The molecule has 2 aliphatic rings. The molecule has 1 saturated heterocycles. The molecular weight excluding hydrogens is 360 g/mol. The molecule has 8 heteroatoms. The number of nitrogens with zero attached hydrogens (tertiary/aromatic N) is 3. The van der Waals surface area contributed by atoms with Gasteiger partial charge in [-0.15, -0.1) is 0 Å². The highest BCUT2D eigenvalue weighted by Gasteiger charge is 2.37. The Kier molecular flexibility index (Phi) is 4.30. The number of ether oxygens (including phenoxy) is 2. The van der Waals surface area contributed by atoms with E-state index in [1.54, 1.807) is 6.92 Å². The normalized spacial score (nSPS) is 21.6. The molecule has 0 aliphatic carbocycles. The first kappa shape index (κ1) is 18.4. The quantitative estimate of drug-likeness (QED) is 0.819. The van der Waals surface area contributed by atoms with Crippen LogP contribution in [0.4, 0.5) is 10.5 Å². The molecule has 1 N–H and O–H groups in total. The summed E-state index contributed by atoms with van der Waals surface area (Å²) in [4.78, 5) is 33.2. The summed E-state index contributed by atoms with van der Waals surface area (Å²) >= 11 is 0. The van der Waals surface area contributed by atoms with Gasteiger partial charge in [-0.05, 0) is 35.6 Å². The summed E-state index contributed by atoms with van der Waals surface area (Å²) in [5, 5.41) is 2.55. The van der Waals surface area contributed by atoms with Crippen LogP contribution in [0.1, 0.15) is 44.9 Å². The summed E-state index contributed by atoms with van der Waals surface area (Å²) < 4.78 is 11.7. The molecule has 0 bridgehead atoms. The third-order valence-electron chi connectivity index (χ3n) is 4.81. The fraction of sp³-hybridized carbons (Fsp3) is 0.400. The first-order chi connectivity index (χ1) is 13.2. The summed E-state index contributed by atoms with van der Waals surface area (Å²) in [5.41, 5.74) is 2.53. The van der Waals surface area contributed by atoms with Crippen LogP contribution in [0.2, 0.25) is 0 Å². The summed E-state index contributed by atoms with van der Waals surface area (Å²) in [5.74, 6) is 0.268. The zero-order valence-corrected chi connectivity index (χ0v) is 16.2. The van der Waals surface area contributed by atoms with Crippen LogP contribution < -0.4 is 15.0 Å². The van der Waals surface area contributed by atoms with Gasteiger partial charge in [0.05, 0.1) is 30.8 Å². The number of hydrogen-bond acceptors (Lipinski definition) is 6. The highest BCUT2D eigenvalue weighted by Crippen LogP contribution is 2.44. The van der Waals surface area contributed by atoms with Gasteiger partial charge < -0.3 is 14.8 Å². The van der Waals surface area contributed by atoms with Crippen LogP contribution in [-0.2, 0) is 16.1 Å². The molecule has 2 atom stereocenters. The first-order valence-electron chi connectivity index (χ1n) is 9.13. The van der Waals surface area contributed by atoms with Crippen molar-refractivity contribution in [2.24, 2.45) is 5.41 Å². The van der Waals surface area contributed by atoms with Crippen LogP contribution in [0.3, 0.4) is 0 Å². The zero-order chi connectivity index (χ0) is 20.1. The second-order valence-corrected chi connectivity index (χ2v) is 8.09. The number of nitrogens with one attached hydrogen (secondary N) is 1. The van der Waals surface area contributed by atoms with E-state index in [0.29, 0.717) is 18.0 Å². The number of aromatic nitrogens is 2. The highest BCUT2D eigenvalue weighted by molar-refractivity contribution is 6.21. The largest absolute Gasteiger partial charge is 0.424 e. The Bertz CT molecular complexity index is 936. The predicted molar refractivity (Wildman–Crippen MR) is 101 cm³/mol. The van der Waals surface area contributed by atoms with Crippen molar-refractivity contribution in [2.75, 3.05) is 4.90 Å². The van der Waals surface area contributed by atoms with E-state index < -0.39 is 12.1 Å². The molecule has 1 fully saturated rings. The minimum Gasteiger partial charge on any atom is -0.424 e. The van der Waals surface area contributed by atoms with Gasteiger partial charge in [0.25, 0.3) is 5.91 Å². The van der Waals surface area contributed by atoms with Crippen molar-refractivity contribution in [2.45, 2.75) is 46.4 Å². The molecule has 1 unspecified atom stereocenters. The second-order valence-electron chi connectivity index (χ2n) is 8.09. The van der Waals surface area contributed by atoms with E-state index in [0.717, 1.165) is 16.0 Å². The molecule has 3 heterocycles. The average Bonchev–Trinajstić information content (AvgIpc) is 3.16. The van der Waals surface area contributed by atoms with Crippen molar-refractivity contribution in [3.05, 3.63) is 41.7 Å². The van der Waals surface area contributed by atoms with E-state index >= 15 is 0 Å². The number of urea groups is 1. The number of benzene rings is 1. The Labute approximate surface area is 162 Å². The Morgan fingerprint density at radius 1 is 1.21 bits per heavy atom. The summed E-state index contributed by atoms with van der Waals surface area (Å²) in [6.07, 6.45) is 2.79. The van der Waals surface area contributed by atoms with E-state index in [4.69, 9.17) is 9.47 Å². The zero-order valence-electron chi connectivity index (χ0n) is 16.2. The Morgan fingerprint density at radius 2 is 1.93 bits per heavy atom. The monoisotopic (exact) mass is 382 g/mol. The SMILES string of the molecule is C[C@@H]1NC(=O)N(c2cnc(Oc3ccc4c(c3)C(C(C)(C)C)OC4)nc2)C1=O. The van der Waals surface area contributed by atoms with Crippen LogP contribution in [0, 0.1) is 5.41 Å². The number of imide groups is 1. The second kappa shape index (κ2) is 6.56. The number of anilines is 1. The predicted octanol–water partition coefficient (Wildman–Crippen LogP) is 3.33. The smallest absolute Gasteiger partial charge is 0.329 e. The van der Waals surface area contributed by atoms with E-state index in [-0.39, 0.29) is 23.4 Å². The van der Waals surface area contributed by atoms with Gasteiger partial charge in [0.1, 0.15) is 11.8 Å². The third kappa shape index (κ3) is 3.20. The molecule has 8 nitrogen and oxygen atoms in total. The third-order valence-corrected chi connectivity index (χ3v) is 4.81. The van der Waals surface area contributed by atoms with Crippen LogP contribution >= 0.6 is 0 Å². The van der Waals surface area contributed by atoms with Gasteiger partial charge in [0.15, 0.2) is 0 Å². The molecule has 0 saturated carbocycles. The van der Waals surface area contributed by atoms with Crippen LogP contribution in [0.15, 0.2) is 30.6 Å². The van der Waals surface area contributed by atoms with Crippen molar-refractivity contribution < 1.29 is 19.1 Å². The van der Waals surface area contributed by atoms with Crippen molar-refractivity contribution in [1.29, 1.82) is 0 Å². The van der Waals surface area contributed by atoms with Gasteiger partial charge in [-0.2, -0.15) is 0 Å². The molecule has 28 heavy (non-hydrogen) atoms. The van der Waals surface area contributed by atoms with E-state index in [1.807, 2.05) is 18.2 Å². The minimum atomic E-state index is -0.562. The van der Waals surface area contributed by atoms with Gasteiger partial charge >= 0.3 is 12.0 Å². The van der Waals surface area contributed by atoms with Gasteiger partial charge in [0.2, 0.25) is 0 Å². The maximum atomic E-state index is 12.1. The fourth-order valence-electron chi connectivity index (χ4n) is 3.42. The van der Waals surface area contributed by atoms with Crippen LogP contribution in [0.25, 0.3) is 0 Å². The minimum absolute atomic E-state index is 0.00368. The fourth-order valence-corrected chi connectivity index (χ4v) is 3.42.